The summed E-state index contributed by atoms with van der Waals surface area (Å²) in [6, 6.07) is 0. The topological polar surface area (TPSA) is 119 Å². The lowest BCUT2D eigenvalue weighted by atomic mass is 9.95. The number of hydrogen-bond donors (Lipinski definition) is 0. The van der Waals surface area contributed by atoms with Crippen molar-refractivity contribution >= 4 is 11.9 Å². The molecule has 2 atom stereocenters. The zero-order valence-electron chi connectivity index (χ0n) is 19.2. The van der Waals surface area contributed by atoms with Gasteiger partial charge >= 0.3 is 29.0 Å². The third-order valence-corrected chi connectivity index (χ3v) is 6.02. The third kappa shape index (κ3) is 6.12. The van der Waals surface area contributed by atoms with E-state index < -0.39 is 17.1 Å². The molecule has 1 aromatic heterocycles. The number of carbonyl (C=O) groups is 2. The van der Waals surface area contributed by atoms with Crippen molar-refractivity contribution in [1.82, 2.24) is 13.7 Å². The van der Waals surface area contributed by atoms with Crippen LogP contribution in [0.1, 0.15) is 38.5 Å². The Morgan fingerprint density at radius 2 is 1.24 bits per heavy atom. The summed E-state index contributed by atoms with van der Waals surface area (Å²) in [6.45, 7) is 2.71. The van der Waals surface area contributed by atoms with Gasteiger partial charge in [0, 0.05) is 0 Å². The normalized spacial score (nSPS) is 19.5. The molecule has 1 aromatic rings. The molecule has 0 radical (unpaired) electrons. The van der Waals surface area contributed by atoms with Gasteiger partial charge in [0.15, 0.2) is 0 Å². The van der Waals surface area contributed by atoms with Gasteiger partial charge < -0.3 is 9.47 Å². The minimum atomic E-state index is -0.844. The molecule has 0 spiro atoms. The molecule has 0 bridgehead atoms. The van der Waals surface area contributed by atoms with E-state index in [0.717, 1.165) is 26.5 Å². The number of aromatic nitrogens is 3. The van der Waals surface area contributed by atoms with Crippen LogP contribution in [0.15, 0.2) is 51.3 Å². The number of nitrogens with zero attached hydrogens (tertiary/aromatic N) is 3. The second-order valence-corrected chi connectivity index (χ2v) is 8.35. The average Bonchev–Trinajstić information content (AvgIpc) is 2.86. The van der Waals surface area contributed by atoms with Crippen molar-refractivity contribution in [1.29, 1.82) is 0 Å². The summed E-state index contributed by atoms with van der Waals surface area (Å²) in [4.78, 5) is 62.9. The van der Waals surface area contributed by atoms with Gasteiger partial charge in [-0.15, -0.1) is 6.58 Å². The van der Waals surface area contributed by atoms with Crippen LogP contribution in [0.2, 0.25) is 0 Å². The summed E-state index contributed by atoms with van der Waals surface area (Å²) < 4.78 is 13.1. The largest absolute Gasteiger partial charge is 0.464 e. The van der Waals surface area contributed by atoms with Crippen LogP contribution < -0.4 is 17.1 Å². The van der Waals surface area contributed by atoms with Gasteiger partial charge in [-0.25, -0.2) is 28.1 Å². The van der Waals surface area contributed by atoms with Gasteiger partial charge in [-0.05, 0) is 38.5 Å². The second kappa shape index (κ2) is 12.2. The van der Waals surface area contributed by atoms with Crippen LogP contribution in [0.3, 0.4) is 0 Å². The first kappa shape index (κ1) is 25.2. The zero-order chi connectivity index (χ0) is 24.5. The Morgan fingerprint density at radius 1 is 0.794 bits per heavy atom. The van der Waals surface area contributed by atoms with E-state index in [1.54, 1.807) is 0 Å². The first-order valence-corrected chi connectivity index (χ1v) is 11.6. The molecule has 0 fully saturated rings. The first-order valence-electron chi connectivity index (χ1n) is 11.6. The maximum Gasteiger partial charge on any atom is 0.336 e. The van der Waals surface area contributed by atoms with Crippen molar-refractivity contribution in [2.75, 3.05) is 13.2 Å². The van der Waals surface area contributed by atoms with Gasteiger partial charge in [0.05, 0.1) is 31.5 Å². The number of allylic oxidation sites excluding steroid dienone is 5. The highest BCUT2D eigenvalue weighted by atomic mass is 16.5. The van der Waals surface area contributed by atoms with Crippen molar-refractivity contribution in [3.05, 3.63) is 68.4 Å². The van der Waals surface area contributed by atoms with E-state index in [-0.39, 0.29) is 56.6 Å². The molecular weight excluding hydrogens is 442 g/mol. The van der Waals surface area contributed by atoms with Crippen LogP contribution in [-0.4, -0.2) is 38.9 Å². The van der Waals surface area contributed by atoms with E-state index in [1.165, 1.54) is 6.08 Å². The zero-order valence-corrected chi connectivity index (χ0v) is 19.2. The number of rotatable bonds is 10. The van der Waals surface area contributed by atoms with Gasteiger partial charge in [0.25, 0.3) is 0 Å². The fourth-order valence-electron chi connectivity index (χ4n) is 4.08. The van der Waals surface area contributed by atoms with E-state index in [0.29, 0.717) is 25.7 Å². The molecule has 2 aliphatic carbocycles. The predicted molar refractivity (Wildman–Crippen MR) is 124 cm³/mol. The molecule has 0 amide bonds. The average molecular weight is 474 g/mol. The van der Waals surface area contributed by atoms with Crippen LogP contribution in [0, 0.1) is 11.8 Å². The maximum absolute atomic E-state index is 12.9. The fraction of sp³-hybridized carbons (Fsp3) is 0.542. The maximum atomic E-state index is 12.9. The molecule has 34 heavy (non-hydrogen) atoms. The molecular formula is C24H31N3O7. The summed E-state index contributed by atoms with van der Waals surface area (Å²) in [5.41, 5.74) is -2.47. The van der Waals surface area contributed by atoms with Gasteiger partial charge in [-0.1, -0.05) is 30.4 Å². The van der Waals surface area contributed by atoms with Crippen molar-refractivity contribution < 1.29 is 19.1 Å². The first-order chi connectivity index (χ1) is 16.4. The standard InChI is InChI=1S/C24H31N3O7/c1-2-13-25-22(30)26(14-16-33-20(28)18-9-5-3-6-10-18)24(32)27(23(25)31)15-17-34-21(29)19-11-7-4-8-12-19/h2-5,7,18-19H,1,6,8-17H2. The van der Waals surface area contributed by atoms with Crippen LogP contribution in [0.25, 0.3) is 0 Å². The Morgan fingerprint density at radius 3 is 1.62 bits per heavy atom. The summed E-state index contributed by atoms with van der Waals surface area (Å²) in [6.07, 6.45) is 13.5. The molecule has 0 aliphatic heterocycles. The fourth-order valence-corrected chi connectivity index (χ4v) is 4.08. The van der Waals surface area contributed by atoms with Crippen molar-refractivity contribution in [2.45, 2.75) is 58.2 Å². The molecule has 0 aromatic carbocycles. The highest BCUT2D eigenvalue weighted by Gasteiger charge is 2.22. The molecule has 0 N–H and O–H groups in total. The monoisotopic (exact) mass is 473 g/mol. The number of hydrogen-bond acceptors (Lipinski definition) is 7. The van der Waals surface area contributed by atoms with Crippen LogP contribution >= 0.6 is 0 Å². The van der Waals surface area contributed by atoms with Gasteiger partial charge in [-0.2, -0.15) is 0 Å². The molecule has 0 saturated carbocycles. The molecule has 2 aliphatic rings. The molecule has 0 saturated heterocycles. The molecule has 184 valence electrons. The Labute approximate surface area is 196 Å². The highest BCUT2D eigenvalue weighted by molar-refractivity contribution is 5.73. The summed E-state index contributed by atoms with van der Waals surface area (Å²) in [7, 11) is 0. The predicted octanol–water partition coefficient (Wildman–Crippen LogP) is 1.16. The van der Waals surface area contributed by atoms with E-state index in [4.69, 9.17) is 9.47 Å². The van der Waals surface area contributed by atoms with Gasteiger partial charge in [-0.3, -0.25) is 9.59 Å². The van der Waals surface area contributed by atoms with Crippen molar-refractivity contribution in [2.24, 2.45) is 11.8 Å². The summed E-state index contributed by atoms with van der Waals surface area (Å²) in [5, 5.41) is 0. The van der Waals surface area contributed by atoms with Crippen molar-refractivity contribution in [3.8, 4) is 0 Å². The Bertz CT molecular complexity index is 1060. The molecule has 10 nitrogen and oxygen atoms in total. The molecule has 3 rings (SSSR count). The minimum absolute atomic E-state index is 0.0969. The van der Waals surface area contributed by atoms with Gasteiger partial charge in [0.2, 0.25) is 0 Å². The Kier molecular flexibility index (Phi) is 9.00. The van der Waals surface area contributed by atoms with E-state index in [2.05, 4.69) is 6.58 Å². The summed E-state index contributed by atoms with van der Waals surface area (Å²) in [5.74, 6) is -1.21. The number of carbonyl (C=O) groups excluding carboxylic acids is 2. The molecule has 2 unspecified atom stereocenters. The van der Waals surface area contributed by atoms with Crippen LogP contribution in [-0.2, 0) is 38.7 Å². The lowest BCUT2D eigenvalue weighted by Gasteiger charge is -2.18. The van der Waals surface area contributed by atoms with Gasteiger partial charge in [0.1, 0.15) is 13.2 Å². The smallest absolute Gasteiger partial charge is 0.336 e. The van der Waals surface area contributed by atoms with E-state index in [1.807, 2.05) is 24.3 Å². The van der Waals surface area contributed by atoms with E-state index >= 15 is 0 Å². The molecule has 10 heteroatoms. The Hall–Kier alpha value is -3.43. The molecule has 1 heterocycles. The lowest BCUT2D eigenvalue weighted by Crippen LogP contribution is -2.55. The number of esters is 2. The second-order valence-electron chi connectivity index (χ2n) is 8.35. The van der Waals surface area contributed by atoms with Crippen molar-refractivity contribution in [3.63, 3.8) is 0 Å². The SMILES string of the molecule is C=CCn1c(=O)n(CCOC(=O)C2CC=CCC2)c(=O)n(CCOC(=O)C2CC=CCC2)c1=O. The minimum Gasteiger partial charge on any atom is -0.464 e. The quantitative estimate of drug-likeness (QED) is 0.369. The Balaban J connectivity index is 1.70. The summed E-state index contributed by atoms with van der Waals surface area (Å²) >= 11 is 0. The van der Waals surface area contributed by atoms with Crippen LogP contribution in [0.4, 0.5) is 0 Å². The number of ether oxygens (including phenoxy) is 2. The van der Waals surface area contributed by atoms with Crippen LogP contribution in [0.5, 0.6) is 0 Å². The van der Waals surface area contributed by atoms with E-state index in [9.17, 15) is 24.0 Å². The highest BCUT2D eigenvalue weighted by Crippen LogP contribution is 2.20. The third-order valence-electron chi connectivity index (χ3n) is 6.02. The lowest BCUT2D eigenvalue weighted by molar-refractivity contribution is -0.149.